The molecular formula is C50H94O2Sn2. The zero-order valence-electron chi connectivity index (χ0n) is 38.0. The summed E-state index contributed by atoms with van der Waals surface area (Å²) in [5.74, 6) is 2.21. The van der Waals surface area contributed by atoms with Gasteiger partial charge in [-0.05, 0) is 0 Å². The Kier molecular flexibility index (Phi) is 29.0. The Morgan fingerprint density at radius 1 is 0.315 bits per heavy atom. The van der Waals surface area contributed by atoms with Crippen molar-refractivity contribution in [3.8, 4) is 11.5 Å². The standard InChI is InChI=1S/C44H76O2.6CH3.2Sn/c1-3-5-7-9-11-13-15-17-19-21-23-25-27-29-31-33-35-41-37-39-45-43(41)44-42(38-40-46-44)36-34-32-30-28-26-24-22-20-18-16-14-12-10-8-6-4-2;;;;;;;;/h37-38H,3-36H2,1-2H3;6*1H3;;. The molecule has 54 heavy (non-hydrogen) atoms. The Balaban J connectivity index is 1.75. The van der Waals surface area contributed by atoms with Crippen LogP contribution in [0.25, 0.3) is 11.5 Å². The molecule has 0 spiro atoms. The van der Waals surface area contributed by atoms with Crippen molar-refractivity contribution in [2.24, 2.45) is 0 Å². The van der Waals surface area contributed by atoms with Crippen LogP contribution in [0.3, 0.4) is 0 Å². The van der Waals surface area contributed by atoms with Crippen LogP contribution >= 0.6 is 0 Å². The molecule has 0 atom stereocenters. The first-order chi connectivity index (χ1) is 26.1. The molecule has 0 aromatic carbocycles. The summed E-state index contributed by atoms with van der Waals surface area (Å²) >= 11 is -4.76. The number of hydrogen-bond acceptors (Lipinski definition) is 2. The molecule has 0 saturated carbocycles. The molecule has 0 fully saturated rings. The molecule has 0 aliphatic heterocycles. The molecule has 2 aromatic rings. The Labute approximate surface area is 347 Å². The molecule has 314 valence electrons. The molecule has 0 amide bonds. The van der Waals surface area contributed by atoms with Crippen molar-refractivity contribution in [1.29, 1.82) is 0 Å². The number of furan rings is 2. The van der Waals surface area contributed by atoms with Crippen LogP contribution in [0.2, 0.25) is 29.6 Å². The summed E-state index contributed by atoms with van der Waals surface area (Å²) in [6, 6.07) is 4.94. The average Bonchev–Trinajstić information content (AvgIpc) is 3.76. The van der Waals surface area contributed by atoms with E-state index in [1.54, 1.807) is 0 Å². The molecule has 0 saturated heterocycles. The van der Waals surface area contributed by atoms with E-state index in [1.807, 2.05) is 0 Å². The predicted molar refractivity (Wildman–Crippen MR) is 249 cm³/mol. The number of unbranched alkanes of at least 4 members (excludes halogenated alkanes) is 30. The summed E-state index contributed by atoms with van der Waals surface area (Å²) in [5, 5.41) is 0. The van der Waals surface area contributed by atoms with Crippen molar-refractivity contribution in [2.75, 3.05) is 0 Å². The van der Waals surface area contributed by atoms with Crippen LogP contribution in [0, 0.1) is 0 Å². The molecule has 0 aliphatic rings. The minimum absolute atomic E-state index is 1.10. The van der Waals surface area contributed by atoms with Gasteiger partial charge in [-0.15, -0.1) is 0 Å². The van der Waals surface area contributed by atoms with Crippen LogP contribution in [-0.2, 0) is 12.8 Å². The third kappa shape index (κ3) is 23.5. The second-order valence-electron chi connectivity index (χ2n) is 19.5. The van der Waals surface area contributed by atoms with Gasteiger partial charge in [-0.25, -0.2) is 0 Å². The smallest absolute Gasteiger partial charge is 0.0654 e. The molecular weight excluding hydrogens is 870 g/mol. The van der Waals surface area contributed by atoms with E-state index in [1.165, 1.54) is 224 Å². The first kappa shape index (κ1) is 50.3. The minimum atomic E-state index is -2.38. The fraction of sp³-hybridized carbons (Fsp3) is 0.840. The summed E-state index contributed by atoms with van der Waals surface area (Å²) in [6.07, 6.45) is 47.6. The SMILES string of the molecule is CCCCCCCCCCCCCCCCCCc1c[c]([Sn]([CH3])([CH3])[CH3])oc1-c1o[c]([Sn]([CH3])([CH3])[CH3])cc1CCCCCCCCCCCCCCCCCC. The van der Waals surface area contributed by atoms with Crippen molar-refractivity contribution in [1.82, 2.24) is 0 Å². The number of hydrogen-bond donors (Lipinski definition) is 0. The summed E-state index contributed by atoms with van der Waals surface area (Å²) in [7, 11) is 0. The van der Waals surface area contributed by atoms with Gasteiger partial charge in [-0.3, -0.25) is 0 Å². The Bertz CT molecular complexity index is 1060. The minimum Gasteiger partial charge on any atom is -0.0654 e. The van der Waals surface area contributed by atoms with Gasteiger partial charge in [0.2, 0.25) is 0 Å². The molecule has 2 rings (SSSR count). The fourth-order valence-electron chi connectivity index (χ4n) is 8.08. The van der Waals surface area contributed by atoms with Gasteiger partial charge in [0.15, 0.2) is 0 Å². The third-order valence-corrected chi connectivity index (χ3v) is 21.7. The second kappa shape index (κ2) is 31.1. The van der Waals surface area contributed by atoms with Crippen molar-refractivity contribution >= 4 is 44.3 Å². The van der Waals surface area contributed by atoms with Gasteiger partial charge >= 0.3 is 233 Å². The van der Waals surface area contributed by atoms with Crippen LogP contribution in [0.15, 0.2) is 21.0 Å². The maximum absolute atomic E-state index is 6.87. The first-order valence-corrected chi connectivity index (χ1v) is 44.3. The predicted octanol–water partition coefficient (Wildman–Crippen LogP) is 17.2. The van der Waals surface area contributed by atoms with Crippen LogP contribution in [0.1, 0.15) is 230 Å². The summed E-state index contributed by atoms with van der Waals surface area (Å²) in [5.41, 5.74) is 2.86. The Morgan fingerprint density at radius 3 is 0.722 bits per heavy atom. The van der Waals surface area contributed by atoms with E-state index >= 15 is 0 Å². The van der Waals surface area contributed by atoms with E-state index in [0.29, 0.717) is 0 Å². The zero-order chi connectivity index (χ0) is 39.3. The average molecular weight is 965 g/mol. The van der Waals surface area contributed by atoms with Gasteiger partial charge in [0.05, 0.1) is 0 Å². The van der Waals surface area contributed by atoms with E-state index in [2.05, 4.69) is 55.6 Å². The van der Waals surface area contributed by atoms with Gasteiger partial charge in [-0.1, -0.05) is 117 Å². The molecule has 2 aromatic heterocycles. The molecule has 2 heterocycles. The van der Waals surface area contributed by atoms with Crippen LogP contribution in [0.5, 0.6) is 0 Å². The van der Waals surface area contributed by atoms with E-state index in [-0.39, 0.29) is 0 Å². The summed E-state index contributed by atoms with van der Waals surface area (Å²) in [4.78, 5) is 15.0. The van der Waals surface area contributed by atoms with Crippen molar-refractivity contribution < 1.29 is 8.83 Å². The van der Waals surface area contributed by atoms with E-state index < -0.39 is 36.8 Å². The zero-order valence-corrected chi connectivity index (χ0v) is 43.7. The van der Waals surface area contributed by atoms with Gasteiger partial charge in [-0.2, -0.15) is 0 Å². The van der Waals surface area contributed by atoms with Crippen LogP contribution < -0.4 is 7.55 Å². The first-order valence-electron chi connectivity index (χ1n) is 24.3. The Hall–Kier alpha value is 0.157. The number of aryl methyl sites for hydroxylation is 2. The molecule has 0 unspecified atom stereocenters. The van der Waals surface area contributed by atoms with Crippen LogP contribution in [0.4, 0.5) is 0 Å². The third-order valence-electron chi connectivity index (χ3n) is 11.9. The second-order valence-corrected chi connectivity index (χ2v) is 48.0. The topological polar surface area (TPSA) is 26.3 Å². The van der Waals surface area contributed by atoms with Crippen molar-refractivity contribution in [3.05, 3.63) is 23.3 Å². The van der Waals surface area contributed by atoms with Gasteiger partial charge < -0.3 is 0 Å². The summed E-state index contributed by atoms with van der Waals surface area (Å²) in [6.45, 7) is 4.62. The molecule has 0 radical (unpaired) electrons. The monoisotopic (exact) mass is 967 g/mol. The number of rotatable bonds is 37. The maximum atomic E-state index is 6.87. The van der Waals surface area contributed by atoms with E-state index in [0.717, 1.165) is 24.4 Å². The van der Waals surface area contributed by atoms with Gasteiger partial charge in [0.25, 0.3) is 0 Å². The molecule has 0 aliphatic carbocycles. The Morgan fingerprint density at radius 2 is 0.519 bits per heavy atom. The van der Waals surface area contributed by atoms with Crippen molar-refractivity contribution in [3.63, 3.8) is 0 Å². The van der Waals surface area contributed by atoms with E-state index in [4.69, 9.17) is 8.83 Å². The molecule has 4 heteroatoms. The molecule has 0 bridgehead atoms. The summed E-state index contributed by atoms with van der Waals surface area (Å²) < 4.78 is 16.4. The molecule has 2 nitrogen and oxygen atoms in total. The normalized spacial score (nSPS) is 12.4. The van der Waals surface area contributed by atoms with Crippen LogP contribution in [-0.4, -0.2) is 36.8 Å². The molecule has 0 N–H and O–H groups in total. The van der Waals surface area contributed by atoms with Gasteiger partial charge in [0.1, 0.15) is 0 Å². The van der Waals surface area contributed by atoms with E-state index in [9.17, 15) is 0 Å². The quantitative estimate of drug-likeness (QED) is 0.0498. The van der Waals surface area contributed by atoms with Crippen molar-refractivity contribution in [2.45, 2.75) is 262 Å². The fourth-order valence-corrected chi connectivity index (χ4v) is 13.9. The van der Waals surface area contributed by atoms with Gasteiger partial charge in [0, 0.05) is 0 Å².